The van der Waals surface area contributed by atoms with Crippen LogP contribution in [0.3, 0.4) is 0 Å². The van der Waals surface area contributed by atoms with Crippen molar-refractivity contribution >= 4 is 0 Å². The molecule has 0 radical (unpaired) electrons. The standard InChI is InChI=1S/C20H30N4O/c1-18-16-23(17-20-5-3-19(15-21)4-6-20)9-10-24(18)8-2-7-22-11-13-25-14-12-22/h3-6,18H,2,7-14,16-17H2,1H3. The molecule has 0 N–H and O–H groups in total. The molecular weight excluding hydrogens is 312 g/mol. The Morgan fingerprint density at radius 3 is 2.48 bits per heavy atom. The van der Waals surface area contributed by atoms with Crippen molar-refractivity contribution < 1.29 is 4.74 Å². The summed E-state index contributed by atoms with van der Waals surface area (Å²) in [7, 11) is 0. The van der Waals surface area contributed by atoms with E-state index in [0.717, 1.165) is 58.0 Å². The van der Waals surface area contributed by atoms with Gasteiger partial charge in [-0.15, -0.1) is 0 Å². The molecule has 0 aromatic heterocycles. The highest BCUT2D eigenvalue weighted by molar-refractivity contribution is 5.31. The molecule has 1 unspecified atom stereocenters. The number of hydrogen-bond donors (Lipinski definition) is 0. The molecule has 1 aromatic carbocycles. The smallest absolute Gasteiger partial charge is 0.0991 e. The van der Waals surface area contributed by atoms with Gasteiger partial charge in [0.25, 0.3) is 0 Å². The maximum atomic E-state index is 8.89. The molecule has 25 heavy (non-hydrogen) atoms. The van der Waals surface area contributed by atoms with Gasteiger partial charge in [-0.1, -0.05) is 12.1 Å². The second-order valence-corrected chi connectivity index (χ2v) is 7.24. The zero-order valence-corrected chi connectivity index (χ0v) is 15.4. The Morgan fingerprint density at radius 2 is 1.80 bits per heavy atom. The lowest BCUT2D eigenvalue weighted by atomic mass is 10.1. The Bertz CT molecular complexity index is 562. The molecule has 2 aliphatic heterocycles. The number of piperazine rings is 1. The van der Waals surface area contributed by atoms with Gasteiger partial charge >= 0.3 is 0 Å². The first-order valence-corrected chi connectivity index (χ1v) is 9.50. The van der Waals surface area contributed by atoms with Gasteiger partial charge in [-0.05, 0) is 44.1 Å². The van der Waals surface area contributed by atoms with Crippen LogP contribution in [0.5, 0.6) is 0 Å². The monoisotopic (exact) mass is 342 g/mol. The Morgan fingerprint density at radius 1 is 1.04 bits per heavy atom. The van der Waals surface area contributed by atoms with Crippen LogP contribution in [-0.4, -0.2) is 79.8 Å². The number of benzene rings is 1. The van der Waals surface area contributed by atoms with Crippen molar-refractivity contribution in [2.24, 2.45) is 0 Å². The molecule has 0 bridgehead atoms. The average molecular weight is 342 g/mol. The third-order valence-electron chi connectivity index (χ3n) is 5.36. The first-order valence-electron chi connectivity index (χ1n) is 9.50. The number of ether oxygens (including phenoxy) is 1. The van der Waals surface area contributed by atoms with E-state index in [1.165, 1.54) is 25.1 Å². The lowest BCUT2D eigenvalue weighted by molar-refractivity contribution is 0.0322. The Balaban J connectivity index is 1.38. The zero-order valence-electron chi connectivity index (χ0n) is 15.4. The summed E-state index contributed by atoms with van der Waals surface area (Å²) in [5.41, 5.74) is 2.04. The number of nitriles is 1. The molecule has 5 heteroatoms. The summed E-state index contributed by atoms with van der Waals surface area (Å²) in [5.74, 6) is 0. The number of rotatable bonds is 6. The Labute approximate surface area is 151 Å². The molecule has 1 atom stereocenters. The van der Waals surface area contributed by atoms with Crippen LogP contribution < -0.4 is 0 Å². The molecular formula is C20H30N4O. The topological polar surface area (TPSA) is 42.7 Å². The van der Waals surface area contributed by atoms with Gasteiger partial charge in [0.15, 0.2) is 0 Å². The summed E-state index contributed by atoms with van der Waals surface area (Å²) in [4.78, 5) is 7.69. The average Bonchev–Trinajstić information content (AvgIpc) is 2.65. The third-order valence-corrected chi connectivity index (χ3v) is 5.36. The SMILES string of the molecule is CC1CN(Cc2ccc(C#N)cc2)CCN1CCCN1CCOCC1. The van der Waals surface area contributed by atoms with Crippen LogP contribution in [0.1, 0.15) is 24.5 Å². The molecule has 0 aliphatic carbocycles. The summed E-state index contributed by atoms with van der Waals surface area (Å²) in [6.45, 7) is 13.1. The van der Waals surface area contributed by atoms with E-state index in [0.29, 0.717) is 6.04 Å². The van der Waals surface area contributed by atoms with Gasteiger partial charge in [0.05, 0.1) is 24.8 Å². The fourth-order valence-electron chi connectivity index (χ4n) is 3.81. The van der Waals surface area contributed by atoms with E-state index < -0.39 is 0 Å². The van der Waals surface area contributed by atoms with Gasteiger partial charge in [0.1, 0.15) is 0 Å². The maximum absolute atomic E-state index is 8.89. The largest absolute Gasteiger partial charge is 0.379 e. The van der Waals surface area contributed by atoms with E-state index in [4.69, 9.17) is 10.00 Å². The number of nitrogens with zero attached hydrogens (tertiary/aromatic N) is 4. The molecule has 3 rings (SSSR count). The minimum Gasteiger partial charge on any atom is -0.379 e. The van der Waals surface area contributed by atoms with Crippen LogP contribution >= 0.6 is 0 Å². The Hall–Kier alpha value is -1.45. The minimum absolute atomic E-state index is 0.608. The zero-order chi connectivity index (χ0) is 17.5. The van der Waals surface area contributed by atoms with Crippen molar-refractivity contribution in [2.45, 2.75) is 25.9 Å². The Kier molecular flexibility index (Phi) is 6.83. The van der Waals surface area contributed by atoms with Crippen molar-refractivity contribution in [3.63, 3.8) is 0 Å². The highest BCUT2D eigenvalue weighted by atomic mass is 16.5. The van der Waals surface area contributed by atoms with Gasteiger partial charge in [-0.25, -0.2) is 0 Å². The van der Waals surface area contributed by atoms with Gasteiger partial charge in [0.2, 0.25) is 0 Å². The van der Waals surface area contributed by atoms with E-state index in [9.17, 15) is 0 Å². The molecule has 5 nitrogen and oxygen atoms in total. The van der Waals surface area contributed by atoms with E-state index in [1.807, 2.05) is 12.1 Å². The minimum atomic E-state index is 0.608. The van der Waals surface area contributed by atoms with Gasteiger partial charge in [-0.3, -0.25) is 14.7 Å². The first-order chi connectivity index (χ1) is 12.2. The second kappa shape index (κ2) is 9.30. The molecule has 0 amide bonds. The summed E-state index contributed by atoms with van der Waals surface area (Å²) in [6.07, 6.45) is 1.25. The van der Waals surface area contributed by atoms with Crippen molar-refractivity contribution in [2.75, 3.05) is 59.0 Å². The normalized spacial score (nSPS) is 23.4. The molecule has 0 spiro atoms. The van der Waals surface area contributed by atoms with Crippen LogP contribution in [0.25, 0.3) is 0 Å². The van der Waals surface area contributed by atoms with E-state index in [-0.39, 0.29) is 0 Å². The highest BCUT2D eigenvalue weighted by Gasteiger charge is 2.23. The van der Waals surface area contributed by atoms with Crippen LogP contribution in [0.2, 0.25) is 0 Å². The summed E-state index contributed by atoms with van der Waals surface area (Å²) < 4.78 is 5.41. The number of hydrogen-bond acceptors (Lipinski definition) is 5. The molecule has 2 fully saturated rings. The van der Waals surface area contributed by atoms with Crippen molar-refractivity contribution in [1.82, 2.24) is 14.7 Å². The maximum Gasteiger partial charge on any atom is 0.0991 e. The predicted octanol–water partition coefficient (Wildman–Crippen LogP) is 1.79. The summed E-state index contributed by atoms with van der Waals surface area (Å²) in [5, 5.41) is 8.89. The molecule has 1 aromatic rings. The summed E-state index contributed by atoms with van der Waals surface area (Å²) in [6, 6.07) is 10.8. The van der Waals surface area contributed by atoms with Gasteiger partial charge in [-0.2, -0.15) is 5.26 Å². The van der Waals surface area contributed by atoms with Gasteiger partial charge in [0, 0.05) is 45.3 Å². The quantitative estimate of drug-likeness (QED) is 0.788. The van der Waals surface area contributed by atoms with Crippen LogP contribution in [-0.2, 0) is 11.3 Å². The fourth-order valence-corrected chi connectivity index (χ4v) is 3.81. The molecule has 0 saturated carbocycles. The highest BCUT2D eigenvalue weighted by Crippen LogP contribution is 2.14. The van der Waals surface area contributed by atoms with Crippen molar-refractivity contribution in [1.29, 1.82) is 5.26 Å². The summed E-state index contributed by atoms with van der Waals surface area (Å²) >= 11 is 0. The van der Waals surface area contributed by atoms with E-state index in [1.54, 1.807) is 0 Å². The molecule has 2 heterocycles. The predicted molar refractivity (Wildman–Crippen MR) is 99.3 cm³/mol. The second-order valence-electron chi connectivity index (χ2n) is 7.24. The van der Waals surface area contributed by atoms with Gasteiger partial charge < -0.3 is 4.74 Å². The van der Waals surface area contributed by atoms with Crippen LogP contribution in [0.4, 0.5) is 0 Å². The van der Waals surface area contributed by atoms with Crippen LogP contribution in [0, 0.1) is 11.3 Å². The first kappa shape index (κ1) is 18.3. The third kappa shape index (κ3) is 5.52. The number of morpholine rings is 1. The van der Waals surface area contributed by atoms with E-state index >= 15 is 0 Å². The van der Waals surface area contributed by atoms with Crippen molar-refractivity contribution in [3.05, 3.63) is 35.4 Å². The molecule has 136 valence electrons. The lowest BCUT2D eigenvalue weighted by Gasteiger charge is -2.40. The lowest BCUT2D eigenvalue weighted by Crippen LogP contribution is -2.52. The van der Waals surface area contributed by atoms with Crippen LogP contribution in [0.15, 0.2) is 24.3 Å². The van der Waals surface area contributed by atoms with E-state index in [2.05, 4.69) is 39.8 Å². The molecule has 2 saturated heterocycles. The fraction of sp³-hybridized carbons (Fsp3) is 0.650. The van der Waals surface area contributed by atoms with Crippen molar-refractivity contribution in [3.8, 4) is 6.07 Å². The molecule has 2 aliphatic rings.